The lowest BCUT2D eigenvalue weighted by Crippen LogP contribution is -2.30. The van der Waals surface area contributed by atoms with E-state index in [9.17, 15) is 8.78 Å². The SMILES string of the molecule is COC(C)(C)Cn1c(C(C)Cl)nc2c(F)cc(F)cc21. The van der Waals surface area contributed by atoms with Crippen LogP contribution in [0.25, 0.3) is 11.0 Å². The van der Waals surface area contributed by atoms with E-state index in [-0.39, 0.29) is 5.52 Å². The van der Waals surface area contributed by atoms with Crippen LogP contribution in [0.5, 0.6) is 0 Å². The first-order valence-corrected chi connectivity index (χ1v) is 6.73. The molecule has 2 rings (SSSR count). The van der Waals surface area contributed by atoms with Crippen molar-refractivity contribution in [3.63, 3.8) is 0 Å². The number of hydrogen-bond donors (Lipinski definition) is 0. The van der Waals surface area contributed by atoms with Crippen molar-refractivity contribution in [3.8, 4) is 0 Å². The molecule has 0 amide bonds. The maximum absolute atomic E-state index is 13.8. The molecular formula is C14H17ClF2N2O. The van der Waals surface area contributed by atoms with Gasteiger partial charge in [0.2, 0.25) is 0 Å². The van der Waals surface area contributed by atoms with Crippen LogP contribution in [-0.4, -0.2) is 22.3 Å². The first kappa shape index (κ1) is 15.2. The Bertz CT molecular complexity index is 638. The van der Waals surface area contributed by atoms with Crippen molar-refractivity contribution < 1.29 is 13.5 Å². The van der Waals surface area contributed by atoms with Crippen LogP contribution in [0.1, 0.15) is 32.0 Å². The molecule has 0 saturated heterocycles. The molecule has 20 heavy (non-hydrogen) atoms. The van der Waals surface area contributed by atoms with Gasteiger partial charge in [-0.05, 0) is 26.8 Å². The molecule has 110 valence electrons. The number of rotatable bonds is 4. The summed E-state index contributed by atoms with van der Waals surface area (Å²) in [5.41, 5.74) is 0.00710. The van der Waals surface area contributed by atoms with Crippen LogP contribution in [0.2, 0.25) is 0 Å². The van der Waals surface area contributed by atoms with Crippen LogP contribution in [0, 0.1) is 11.6 Å². The number of alkyl halides is 1. The highest BCUT2D eigenvalue weighted by atomic mass is 35.5. The summed E-state index contributed by atoms with van der Waals surface area (Å²) in [6, 6.07) is 2.09. The van der Waals surface area contributed by atoms with Crippen LogP contribution in [0.4, 0.5) is 8.78 Å². The van der Waals surface area contributed by atoms with E-state index in [2.05, 4.69) is 4.98 Å². The van der Waals surface area contributed by atoms with E-state index in [1.165, 1.54) is 6.07 Å². The topological polar surface area (TPSA) is 27.1 Å². The first-order chi connectivity index (χ1) is 9.25. The van der Waals surface area contributed by atoms with Gasteiger partial charge >= 0.3 is 0 Å². The number of benzene rings is 1. The third-order valence-corrected chi connectivity index (χ3v) is 3.44. The molecule has 0 saturated carbocycles. The summed E-state index contributed by atoms with van der Waals surface area (Å²) in [6.45, 7) is 5.91. The van der Waals surface area contributed by atoms with Gasteiger partial charge in [0.25, 0.3) is 0 Å². The smallest absolute Gasteiger partial charge is 0.153 e. The minimum Gasteiger partial charge on any atom is -0.377 e. The van der Waals surface area contributed by atoms with Gasteiger partial charge in [-0.15, -0.1) is 11.6 Å². The van der Waals surface area contributed by atoms with Gasteiger partial charge in [-0.3, -0.25) is 0 Å². The summed E-state index contributed by atoms with van der Waals surface area (Å²) in [7, 11) is 1.59. The fraction of sp³-hybridized carbons (Fsp3) is 0.500. The number of nitrogens with zero attached hydrogens (tertiary/aromatic N) is 2. The Kier molecular flexibility index (Phi) is 4.02. The van der Waals surface area contributed by atoms with Crippen LogP contribution in [-0.2, 0) is 11.3 Å². The summed E-state index contributed by atoms with van der Waals surface area (Å²) in [6.07, 6.45) is 0. The van der Waals surface area contributed by atoms with E-state index in [1.54, 1.807) is 18.6 Å². The van der Waals surface area contributed by atoms with Gasteiger partial charge < -0.3 is 9.30 Å². The van der Waals surface area contributed by atoms with Crippen molar-refractivity contribution in [2.45, 2.75) is 38.3 Å². The van der Waals surface area contributed by atoms with Crippen molar-refractivity contribution in [2.75, 3.05) is 7.11 Å². The molecule has 0 spiro atoms. The molecule has 1 unspecified atom stereocenters. The molecule has 0 N–H and O–H groups in total. The molecule has 2 aromatic rings. The van der Waals surface area contributed by atoms with Crippen LogP contribution in [0.15, 0.2) is 12.1 Å². The minimum absolute atomic E-state index is 0.126. The molecule has 0 radical (unpaired) electrons. The quantitative estimate of drug-likeness (QED) is 0.797. The normalized spacial score (nSPS) is 13.9. The van der Waals surface area contributed by atoms with Crippen molar-refractivity contribution in [3.05, 3.63) is 29.6 Å². The molecule has 1 heterocycles. The maximum atomic E-state index is 13.8. The standard InChI is InChI=1S/C14H17ClF2N2O/c1-8(15)13-18-12-10(17)5-9(16)6-11(12)19(13)7-14(2,3)20-4/h5-6,8H,7H2,1-4H3. The number of aromatic nitrogens is 2. The Hall–Kier alpha value is -1.20. The summed E-state index contributed by atoms with van der Waals surface area (Å²) in [5, 5.41) is -0.419. The van der Waals surface area contributed by atoms with E-state index < -0.39 is 22.6 Å². The van der Waals surface area contributed by atoms with Crippen molar-refractivity contribution in [1.82, 2.24) is 9.55 Å². The van der Waals surface area contributed by atoms with Gasteiger partial charge in [0.15, 0.2) is 5.82 Å². The number of imidazole rings is 1. The fourth-order valence-corrected chi connectivity index (χ4v) is 2.25. The highest BCUT2D eigenvalue weighted by Gasteiger charge is 2.24. The van der Waals surface area contributed by atoms with E-state index in [1.807, 2.05) is 13.8 Å². The van der Waals surface area contributed by atoms with E-state index in [0.29, 0.717) is 17.9 Å². The van der Waals surface area contributed by atoms with Gasteiger partial charge in [0.1, 0.15) is 17.2 Å². The highest BCUT2D eigenvalue weighted by Crippen LogP contribution is 2.28. The minimum atomic E-state index is -0.687. The van der Waals surface area contributed by atoms with Gasteiger partial charge in [-0.2, -0.15) is 0 Å². The predicted molar refractivity (Wildman–Crippen MR) is 75.0 cm³/mol. The lowest BCUT2D eigenvalue weighted by Gasteiger charge is -2.25. The van der Waals surface area contributed by atoms with Crippen molar-refractivity contribution >= 4 is 22.6 Å². The third kappa shape index (κ3) is 2.79. The Morgan fingerprint density at radius 1 is 1.40 bits per heavy atom. The highest BCUT2D eigenvalue weighted by molar-refractivity contribution is 6.20. The Labute approximate surface area is 121 Å². The first-order valence-electron chi connectivity index (χ1n) is 6.29. The van der Waals surface area contributed by atoms with E-state index in [4.69, 9.17) is 16.3 Å². The Morgan fingerprint density at radius 3 is 2.60 bits per heavy atom. The Balaban J connectivity index is 2.68. The average Bonchev–Trinajstić information content (AvgIpc) is 2.68. The zero-order valence-corrected chi connectivity index (χ0v) is 12.6. The second kappa shape index (κ2) is 5.30. The van der Waals surface area contributed by atoms with Crippen molar-refractivity contribution in [1.29, 1.82) is 0 Å². The van der Waals surface area contributed by atoms with E-state index >= 15 is 0 Å². The lowest BCUT2D eigenvalue weighted by molar-refractivity contribution is 0.00841. The second-order valence-corrected chi connectivity index (χ2v) is 6.05. The zero-order valence-electron chi connectivity index (χ0n) is 11.9. The fourth-order valence-electron chi connectivity index (χ4n) is 2.08. The lowest BCUT2D eigenvalue weighted by atomic mass is 10.1. The Morgan fingerprint density at radius 2 is 2.05 bits per heavy atom. The summed E-state index contributed by atoms with van der Waals surface area (Å²) < 4.78 is 34.4. The number of ether oxygens (including phenoxy) is 1. The largest absolute Gasteiger partial charge is 0.377 e. The molecular weight excluding hydrogens is 286 g/mol. The summed E-state index contributed by atoms with van der Waals surface area (Å²) in [4.78, 5) is 4.21. The summed E-state index contributed by atoms with van der Waals surface area (Å²) >= 11 is 6.10. The maximum Gasteiger partial charge on any atom is 0.153 e. The van der Waals surface area contributed by atoms with Gasteiger partial charge in [-0.25, -0.2) is 13.8 Å². The molecule has 6 heteroatoms. The molecule has 0 fully saturated rings. The molecule has 3 nitrogen and oxygen atoms in total. The number of fused-ring (bicyclic) bond motifs is 1. The molecule has 0 aliphatic rings. The molecule has 0 aliphatic carbocycles. The second-order valence-electron chi connectivity index (χ2n) is 5.39. The molecule has 0 bridgehead atoms. The van der Waals surface area contributed by atoms with Crippen molar-refractivity contribution in [2.24, 2.45) is 0 Å². The zero-order chi connectivity index (χ0) is 15.1. The van der Waals surface area contributed by atoms with Gasteiger partial charge in [-0.1, -0.05) is 0 Å². The predicted octanol–water partition coefficient (Wildman–Crippen LogP) is 4.04. The summed E-state index contributed by atoms with van der Waals surface area (Å²) in [5.74, 6) is -0.830. The monoisotopic (exact) mass is 302 g/mol. The molecule has 1 aromatic heterocycles. The van der Waals surface area contributed by atoms with Crippen LogP contribution < -0.4 is 0 Å². The number of halogens is 3. The molecule has 1 atom stereocenters. The van der Waals surface area contributed by atoms with E-state index in [0.717, 1.165) is 6.07 Å². The van der Waals surface area contributed by atoms with Gasteiger partial charge in [0, 0.05) is 13.2 Å². The molecule has 0 aliphatic heterocycles. The van der Waals surface area contributed by atoms with Gasteiger partial charge in [0.05, 0.1) is 23.0 Å². The van der Waals surface area contributed by atoms with Crippen LogP contribution in [0.3, 0.4) is 0 Å². The number of methoxy groups -OCH3 is 1. The average molecular weight is 303 g/mol. The van der Waals surface area contributed by atoms with Crippen LogP contribution >= 0.6 is 11.6 Å². The number of hydrogen-bond acceptors (Lipinski definition) is 2. The third-order valence-electron chi connectivity index (χ3n) is 3.25. The molecule has 1 aromatic carbocycles.